The van der Waals surface area contributed by atoms with Crippen LogP contribution in [0.2, 0.25) is 0 Å². The first kappa shape index (κ1) is 18.9. The van der Waals surface area contributed by atoms with Crippen LogP contribution in [0.15, 0.2) is 33.5 Å². The zero-order chi connectivity index (χ0) is 17.7. The molecule has 9 nitrogen and oxygen atoms in total. The molecule has 0 unspecified atom stereocenters. The van der Waals surface area contributed by atoms with Gasteiger partial charge in [0.2, 0.25) is 0 Å². The van der Waals surface area contributed by atoms with E-state index in [-0.39, 0.29) is 21.7 Å². The molecule has 0 atom stereocenters. The maximum Gasteiger partial charge on any atom is 0.283 e. The molecule has 11 heteroatoms. The highest BCUT2D eigenvalue weighted by molar-refractivity contribution is 9.10. The van der Waals surface area contributed by atoms with Crippen LogP contribution in [0, 0.1) is 39.3 Å². The number of hydrogen-bond acceptors (Lipinski definition) is 6. The molecule has 0 aliphatic rings. The molecular formula is C12H10Br2N4O5. The Morgan fingerprint density at radius 3 is 1.96 bits per heavy atom. The third-order valence-electron chi connectivity index (χ3n) is 2.47. The Labute approximate surface area is 147 Å². The van der Waals surface area contributed by atoms with Gasteiger partial charge in [0.1, 0.15) is 4.60 Å². The lowest BCUT2D eigenvalue weighted by Crippen LogP contribution is -2.31. The second kappa shape index (κ2) is 7.92. The van der Waals surface area contributed by atoms with Gasteiger partial charge in [-0.15, -0.1) is 0 Å². The van der Waals surface area contributed by atoms with Gasteiger partial charge in [-0.3, -0.25) is 20.2 Å². The molecule has 0 bridgehead atoms. The molecule has 0 aliphatic carbocycles. The summed E-state index contributed by atoms with van der Waals surface area (Å²) in [6.07, 6.45) is 0. The number of hydrogen-bond donors (Lipinski definition) is 0. The van der Waals surface area contributed by atoms with Crippen molar-refractivity contribution in [3.63, 3.8) is 0 Å². The lowest BCUT2D eigenvalue weighted by Gasteiger charge is -2.01. The normalized spacial score (nSPS) is 9.74. The highest BCUT2D eigenvalue weighted by Crippen LogP contribution is 2.17. The van der Waals surface area contributed by atoms with Crippen molar-refractivity contribution in [1.29, 1.82) is 0 Å². The smallest absolute Gasteiger partial charge is 0.283 e. The van der Waals surface area contributed by atoms with E-state index in [1.54, 1.807) is 6.92 Å². The fourth-order valence-electron chi connectivity index (χ4n) is 1.48. The molecule has 0 amide bonds. The van der Waals surface area contributed by atoms with E-state index in [0.29, 0.717) is 15.0 Å². The van der Waals surface area contributed by atoms with Crippen molar-refractivity contribution in [2.45, 2.75) is 13.8 Å². The minimum absolute atomic E-state index is 0.0596. The molecule has 2 rings (SSSR count). The van der Waals surface area contributed by atoms with Gasteiger partial charge in [-0.05, 0) is 22.9 Å². The third kappa shape index (κ3) is 5.53. The van der Waals surface area contributed by atoms with Crippen molar-refractivity contribution in [2.75, 3.05) is 0 Å². The fraction of sp³-hybridized carbons (Fsp3) is 0.167. The van der Waals surface area contributed by atoms with Crippen molar-refractivity contribution in [3.8, 4) is 0 Å². The van der Waals surface area contributed by atoms with Crippen molar-refractivity contribution in [2.24, 2.45) is 0 Å². The molecule has 0 fully saturated rings. The molecule has 0 N–H and O–H groups in total. The highest BCUT2D eigenvalue weighted by atomic mass is 79.9. The maximum atomic E-state index is 11.0. The number of halogens is 2. The summed E-state index contributed by atoms with van der Waals surface area (Å²) in [5, 5.41) is 31.5. The molecule has 23 heavy (non-hydrogen) atoms. The summed E-state index contributed by atoms with van der Waals surface area (Å²) in [6, 6.07) is 5.18. The summed E-state index contributed by atoms with van der Waals surface area (Å²) in [5.74, 6) is 0. The van der Waals surface area contributed by atoms with Crippen LogP contribution in [0.3, 0.4) is 0 Å². The summed E-state index contributed by atoms with van der Waals surface area (Å²) in [5.41, 5.74) is 0.887. The first-order valence-corrected chi connectivity index (χ1v) is 7.53. The van der Waals surface area contributed by atoms with E-state index in [9.17, 15) is 25.4 Å². The minimum atomic E-state index is -0.544. The number of aryl methyl sites for hydroxylation is 2. The van der Waals surface area contributed by atoms with E-state index in [1.165, 1.54) is 31.2 Å². The Morgan fingerprint density at radius 1 is 1.00 bits per heavy atom. The number of nitro groups is 2. The molecule has 0 radical (unpaired) electrons. The Balaban J connectivity index is 0.000000231. The standard InChI is InChI=1S/C6H5BrN2O3.C6H5BrN2O2/c1-4-2-5(9(11)12)3-6(7)8(4)10;1-4-2-5(9(10)11)3-6(7)8-4/h2-3H,1H3;2-3H,1H3. The monoisotopic (exact) mass is 448 g/mol. The van der Waals surface area contributed by atoms with Crippen LogP contribution in [-0.4, -0.2) is 14.8 Å². The molecule has 0 aromatic carbocycles. The Hall–Kier alpha value is -2.14. The van der Waals surface area contributed by atoms with Crippen LogP contribution in [0.1, 0.15) is 11.4 Å². The Kier molecular flexibility index (Phi) is 6.51. The topological polar surface area (TPSA) is 126 Å². The minimum Gasteiger partial charge on any atom is -0.618 e. The number of rotatable bonds is 2. The van der Waals surface area contributed by atoms with Gasteiger partial charge in [0, 0.05) is 40.7 Å². The van der Waals surface area contributed by atoms with Crippen LogP contribution in [0.25, 0.3) is 0 Å². The average Bonchev–Trinajstić information content (AvgIpc) is 2.43. The molecule has 0 spiro atoms. The molecule has 2 heterocycles. The molecule has 0 saturated heterocycles. The number of pyridine rings is 2. The summed E-state index contributed by atoms with van der Waals surface area (Å²) in [6.45, 7) is 3.21. The summed E-state index contributed by atoms with van der Waals surface area (Å²) in [7, 11) is 0. The molecule has 0 saturated carbocycles. The largest absolute Gasteiger partial charge is 0.618 e. The van der Waals surface area contributed by atoms with E-state index < -0.39 is 9.85 Å². The molecule has 122 valence electrons. The van der Waals surface area contributed by atoms with Gasteiger partial charge in [-0.2, -0.15) is 4.73 Å². The maximum absolute atomic E-state index is 11.0. The highest BCUT2D eigenvalue weighted by Gasteiger charge is 2.14. The summed E-state index contributed by atoms with van der Waals surface area (Å²) in [4.78, 5) is 23.5. The van der Waals surface area contributed by atoms with Crippen LogP contribution in [-0.2, 0) is 0 Å². The van der Waals surface area contributed by atoms with Gasteiger partial charge in [0.15, 0.2) is 5.69 Å². The predicted molar refractivity (Wildman–Crippen MR) is 87.8 cm³/mol. The van der Waals surface area contributed by atoms with Crippen molar-refractivity contribution >= 4 is 43.2 Å². The van der Waals surface area contributed by atoms with Gasteiger partial charge in [0.05, 0.1) is 22.0 Å². The fourth-order valence-corrected chi connectivity index (χ4v) is 2.51. The number of aromatic nitrogens is 2. The lowest BCUT2D eigenvalue weighted by atomic mass is 10.3. The quantitative estimate of drug-likeness (QED) is 0.227. The van der Waals surface area contributed by atoms with Crippen LogP contribution >= 0.6 is 31.9 Å². The average molecular weight is 450 g/mol. The van der Waals surface area contributed by atoms with E-state index in [1.807, 2.05) is 0 Å². The SMILES string of the molecule is Cc1cc([N+](=O)[O-])cc(Br)[n+]1[O-].Cc1cc([N+](=O)[O-])cc(Br)n1. The van der Waals surface area contributed by atoms with Gasteiger partial charge in [0.25, 0.3) is 16.0 Å². The zero-order valence-electron chi connectivity index (χ0n) is 11.9. The predicted octanol–water partition coefficient (Wildman–Crippen LogP) is 3.36. The molecule has 0 aliphatic heterocycles. The molecule has 2 aromatic heterocycles. The zero-order valence-corrected chi connectivity index (χ0v) is 15.1. The van der Waals surface area contributed by atoms with Crippen molar-refractivity contribution < 1.29 is 14.6 Å². The van der Waals surface area contributed by atoms with Gasteiger partial charge < -0.3 is 5.21 Å². The Morgan fingerprint density at radius 2 is 1.52 bits per heavy atom. The van der Waals surface area contributed by atoms with Gasteiger partial charge in [-0.1, -0.05) is 0 Å². The second-order valence-electron chi connectivity index (χ2n) is 4.28. The lowest BCUT2D eigenvalue weighted by molar-refractivity contribution is -0.624. The van der Waals surface area contributed by atoms with E-state index in [2.05, 4.69) is 36.8 Å². The van der Waals surface area contributed by atoms with Crippen molar-refractivity contribution in [3.05, 3.63) is 70.3 Å². The van der Waals surface area contributed by atoms with E-state index in [4.69, 9.17) is 0 Å². The first-order valence-electron chi connectivity index (χ1n) is 5.94. The van der Waals surface area contributed by atoms with Crippen LogP contribution in [0.5, 0.6) is 0 Å². The third-order valence-corrected chi connectivity index (χ3v) is 3.42. The van der Waals surface area contributed by atoms with E-state index >= 15 is 0 Å². The first-order chi connectivity index (χ1) is 10.6. The molecular weight excluding hydrogens is 440 g/mol. The summed E-state index contributed by atoms with van der Waals surface area (Å²) < 4.78 is 1.21. The summed E-state index contributed by atoms with van der Waals surface area (Å²) >= 11 is 5.98. The van der Waals surface area contributed by atoms with Crippen LogP contribution < -0.4 is 4.73 Å². The van der Waals surface area contributed by atoms with Crippen LogP contribution in [0.4, 0.5) is 11.4 Å². The van der Waals surface area contributed by atoms with E-state index in [0.717, 1.165) is 0 Å². The molecule has 2 aromatic rings. The van der Waals surface area contributed by atoms with Crippen molar-refractivity contribution in [1.82, 2.24) is 4.98 Å². The van der Waals surface area contributed by atoms with Gasteiger partial charge >= 0.3 is 0 Å². The van der Waals surface area contributed by atoms with Gasteiger partial charge in [-0.25, -0.2) is 4.98 Å². The Bertz CT molecular complexity index is 726. The second-order valence-corrected chi connectivity index (χ2v) is 5.90. The number of nitrogens with zero attached hydrogens (tertiary/aromatic N) is 4.